The first-order chi connectivity index (χ1) is 11.9. The third-order valence-electron chi connectivity index (χ3n) is 4.07. The molecule has 25 heavy (non-hydrogen) atoms. The quantitative estimate of drug-likeness (QED) is 0.743. The maximum atomic E-state index is 13.0. The molecule has 0 unspecified atom stereocenters. The molecule has 0 aromatic heterocycles. The van der Waals surface area contributed by atoms with Crippen molar-refractivity contribution >= 4 is 23.5 Å². The minimum Gasteiger partial charge on any atom is -0.368 e. The van der Waals surface area contributed by atoms with Crippen LogP contribution < -0.4 is 4.90 Å². The number of rotatable bonds is 3. The van der Waals surface area contributed by atoms with Gasteiger partial charge in [-0.05, 0) is 30.3 Å². The maximum Gasteiger partial charge on any atom is 0.417 e. The highest BCUT2D eigenvalue weighted by Crippen LogP contribution is 2.31. The SMILES string of the molecule is FC(F)(F)c1ccccc1C=NN1CCN(c2ccc(Cl)cc2)CC1. The number of hydrogen-bond acceptors (Lipinski definition) is 3. The lowest BCUT2D eigenvalue weighted by atomic mass is 10.1. The van der Waals surface area contributed by atoms with E-state index >= 15 is 0 Å². The zero-order valence-corrected chi connectivity index (χ0v) is 14.1. The van der Waals surface area contributed by atoms with Crippen LogP contribution in [0.5, 0.6) is 0 Å². The summed E-state index contributed by atoms with van der Waals surface area (Å²) in [5.41, 5.74) is 0.490. The molecule has 0 spiro atoms. The van der Waals surface area contributed by atoms with Crippen LogP contribution in [0.2, 0.25) is 5.02 Å². The summed E-state index contributed by atoms with van der Waals surface area (Å²) in [6, 6.07) is 13.1. The Balaban J connectivity index is 1.63. The van der Waals surface area contributed by atoms with Gasteiger partial charge in [0.15, 0.2) is 0 Å². The van der Waals surface area contributed by atoms with Gasteiger partial charge in [-0.1, -0.05) is 29.8 Å². The van der Waals surface area contributed by atoms with Gasteiger partial charge < -0.3 is 4.90 Å². The summed E-state index contributed by atoms with van der Waals surface area (Å²) in [6.07, 6.45) is -3.09. The fourth-order valence-corrected chi connectivity index (χ4v) is 2.86. The standard InChI is InChI=1S/C18H17ClF3N3/c19-15-5-7-16(8-6-15)24-9-11-25(12-10-24)23-13-14-3-1-2-4-17(14)18(20,21)22/h1-8,13H,9-12H2. The Kier molecular flexibility index (Phi) is 5.18. The molecule has 1 heterocycles. The Bertz CT molecular complexity index is 736. The van der Waals surface area contributed by atoms with Crippen LogP contribution in [-0.2, 0) is 6.18 Å². The highest BCUT2D eigenvalue weighted by molar-refractivity contribution is 6.30. The zero-order valence-electron chi connectivity index (χ0n) is 13.4. The van der Waals surface area contributed by atoms with Gasteiger partial charge >= 0.3 is 6.18 Å². The molecule has 1 aliphatic rings. The Morgan fingerprint density at radius 2 is 1.56 bits per heavy atom. The van der Waals surface area contributed by atoms with Crippen molar-refractivity contribution in [2.24, 2.45) is 5.10 Å². The number of nitrogens with zero attached hydrogens (tertiary/aromatic N) is 3. The molecule has 0 atom stereocenters. The van der Waals surface area contributed by atoms with Crippen LogP contribution >= 0.6 is 11.6 Å². The molecule has 3 nitrogen and oxygen atoms in total. The van der Waals surface area contributed by atoms with Gasteiger partial charge in [0.05, 0.1) is 24.9 Å². The Labute approximate surface area is 149 Å². The molecule has 1 fully saturated rings. The second-order valence-corrected chi connectivity index (χ2v) is 6.18. The smallest absolute Gasteiger partial charge is 0.368 e. The zero-order chi connectivity index (χ0) is 17.9. The van der Waals surface area contributed by atoms with E-state index in [1.165, 1.54) is 18.3 Å². The molecule has 1 aliphatic heterocycles. The molecular formula is C18H17ClF3N3. The van der Waals surface area contributed by atoms with E-state index in [0.29, 0.717) is 18.1 Å². The number of anilines is 1. The number of hydrogen-bond donors (Lipinski definition) is 0. The second kappa shape index (κ2) is 7.35. The third kappa shape index (κ3) is 4.45. The first kappa shape index (κ1) is 17.6. The molecule has 0 N–H and O–H groups in total. The van der Waals surface area contributed by atoms with Gasteiger partial charge in [-0.3, -0.25) is 5.01 Å². The van der Waals surface area contributed by atoms with Crippen molar-refractivity contribution in [2.45, 2.75) is 6.18 Å². The van der Waals surface area contributed by atoms with Gasteiger partial charge in [0.2, 0.25) is 0 Å². The molecule has 7 heteroatoms. The fourth-order valence-electron chi connectivity index (χ4n) is 2.73. The molecule has 0 aliphatic carbocycles. The van der Waals surface area contributed by atoms with Crippen LogP contribution in [0.3, 0.4) is 0 Å². The van der Waals surface area contributed by atoms with Crippen molar-refractivity contribution in [3.05, 3.63) is 64.7 Å². The fraction of sp³-hybridized carbons (Fsp3) is 0.278. The molecule has 0 bridgehead atoms. The van der Waals surface area contributed by atoms with Crippen LogP contribution in [0, 0.1) is 0 Å². The first-order valence-corrected chi connectivity index (χ1v) is 8.27. The van der Waals surface area contributed by atoms with E-state index in [4.69, 9.17) is 11.6 Å². The summed E-state index contributed by atoms with van der Waals surface area (Å²) < 4.78 is 39.0. The lowest BCUT2D eigenvalue weighted by Crippen LogP contribution is -2.44. The molecule has 0 radical (unpaired) electrons. The minimum absolute atomic E-state index is 0.0788. The van der Waals surface area contributed by atoms with Crippen molar-refractivity contribution in [3.8, 4) is 0 Å². The monoisotopic (exact) mass is 367 g/mol. The van der Waals surface area contributed by atoms with Crippen molar-refractivity contribution in [3.63, 3.8) is 0 Å². The minimum atomic E-state index is -4.38. The number of benzene rings is 2. The van der Waals surface area contributed by atoms with E-state index < -0.39 is 11.7 Å². The first-order valence-electron chi connectivity index (χ1n) is 7.89. The number of alkyl halides is 3. The van der Waals surface area contributed by atoms with E-state index in [1.54, 1.807) is 11.1 Å². The molecule has 0 amide bonds. The normalized spacial score (nSPS) is 15.8. The Hall–Kier alpha value is -2.21. The van der Waals surface area contributed by atoms with Crippen molar-refractivity contribution < 1.29 is 13.2 Å². The average Bonchev–Trinajstić information content (AvgIpc) is 2.61. The van der Waals surface area contributed by atoms with Crippen molar-refractivity contribution in [1.29, 1.82) is 0 Å². The van der Waals surface area contributed by atoms with Gasteiger partial charge in [0.25, 0.3) is 0 Å². The molecule has 2 aromatic rings. The van der Waals surface area contributed by atoms with E-state index in [-0.39, 0.29) is 5.56 Å². The van der Waals surface area contributed by atoms with Crippen LogP contribution in [0.1, 0.15) is 11.1 Å². The highest BCUT2D eigenvalue weighted by Gasteiger charge is 2.32. The molecule has 0 saturated carbocycles. The van der Waals surface area contributed by atoms with Crippen LogP contribution in [0.15, 0.2) is 53.6 Å². The second-order valence-electron chi connectivity index (χ2n) is 5.75. The molecule has 3 rings (SSSR count). The molecule has 2 aromatic carbocycles. The summed E-state index contributed by atoms with van der Waals surface area (Å²) in [5, 5.41) is 6.71. The molecular weight excluding hydrogens is 351 g/mol. The lowest BCUT2D eigenvalue weighted by Gasteiger charge is -2.34. The van der Waals surface area contributed by atoms with E-state index in [2.05, 4.69) is 10.0 Å². The highest BCUT2D eigenvalue weighted by atomic mass is 35.5. The van der Waals surface area contributed by atoms with Crippen LogP contribution in [0.4, 0.5) is 18.9 Å². The van der Waals surface area contributed by atoms with Gasteiger partial charge in [0, 0.05) is 29.4 Å². The largest absolute Gasteiger partial charge is 0.417 e. The Morgan fingerprint density at radius 1 is 0.920 bits per heavy atom. The average molecular weight is 368 g/mol. The summed E-state index contributed by atoms with van der Waals surface area (Å²) in [5.74, 6) is 0. The third-order valence-corrected chi connectivity index (χ3v) is 4.33. The van der Waals surface area contributed by atoms with Crippen LogP contribution in [0.25, 0.3) is 0 Å². The summed E-state index contributed by atoms with van der Waals surface area (Å²) in [4.78, 5) is 2.20. The van der Waals surface area contributed by atoms with E-state index in [1.807, 2.05) is 24.3 Å². The van der Waals surface area contributed by atoms with Gasteiger partial charge in [-0.2, -0.15) is 18.3 Å². The lowest BCUT2D eigenvalue weighted by molar-refractivity contribution is -0.137. The summed E-state index contributed by atoms with van der Waals surface area (Å²) >= 11 is 5.89. The summed E-state index contributed by atoms with van der Waals surface area (Å²) in [7, 11) is 0. The van der Waals surface area contributed by atoms with Gasteiger partial charge in [-0.25, -0.2) is 0 Å². The predicted octanol–water partition coefficient (Wildman–Crippen LogP) is 4.51. The number of piperazine rings is 1. The number of hydrazone groups is 1. The van der Waals surface area contributed by atoms with Crippen molar-refractivity contribution in [1.82, 2.24) is 5.01 Å². The van der Waals surface area contributed by atoms with Crippen molar-refractivity contribution in [2.75, 3.05) is 31.1 Å². The predicted molar refractivity (Wildman–Crippen MR) is 94.3 cm³/mol. The van der Waals surface area contributed by atoms with Crippen LogP contribution in [-0.4, -0.2) is 37.4 Å². The van der Waals surface area contributed by atoms with Gasteiger partial charge in [0.1, 0.15) is 0 Å². The Morgan fingerprint density at radius 3 is 2.20 bits per heavy atom. The summed E-state index contributed by atoms with van der Waals surface area (Å²) in [6.45, 7) is 2.79. The number of halogens is 4. The molecule has 1 saturated heterocycles. The molecule has 132 valence electrons. The van der Waals surface area contributed by atoms with E-state index in [9.17, 15) is 13.2 Å². The van der Waals surface area contributed by atoms with Gasteiger partial charge in [-0.15, -0.1) is 0 Å². The maximum absolute atomic E-state index is 13.0. The topological polar surface area (TPSA) is 18.8 Å². The van der Waals surface area contributed by atoms with E-state index in [0.717, 1.165) is 24.8 Å².